The highest BCUT2D eigenvalue weighted by atomic mass is 16.6. The van der Waals surface area contributed by atoms with Crippen LogP contribution in [-0.4, -0.2) is 24.2 Å². The van der Waals surface area contributed by atoms with Crippen LogP contribution >= 0.6 is 0 Å². The minimum atomic E-state index is -1.42. The fraction of sp³-hybridized carbons (Fsp3) is 0.185. The molecule has 3 aromatic rings. The van der Waals surface area contributed by atoms with Crippen molar-refractivity contribution in [3.05, 3.63) is 82.4 Å². The van der Waals surface area contributed by atoms with Gasteiger partial charge in [0.2, 0.25) is 0 Å². The van der Waals surface area contributed by atoms with Crippen molar-refractivity contribution in [2.45, 2.75) is 33.3 Å². The number of carbonyl (C=O) groups excluding carboxylic acids is 4. The first-order chi connectivity index (χ1) is 16.8. The zero-order valence-corrected chi connectivity index (χ0v) is 19.5. The zero-order valence-electron chi connectivity index (χ0n) is 19.5. The van der Waals surface area contributed by atoms with Gasteiger partial charge in [0.15, 0.2) is 5.60 Å². The molecule has 5 rings (SSSR count). The van der Waals surface area contributed by atoms with Gasteiger partial charge < -0.3 is 18.9 Å². The Kier molecular flexibility index (Phi) is 6.13. The highest BCUT2D eigenvalue weighted by molar-refractivity contribution is 5.98. The first-order valence-corrected chi connectivity index (χ1v) is 11.0. The van der Waals surface area contributed by atoms with E-state index in [4.69, 9.17) is 18.9 Å². The van der Waals surface area contributed by atoms with Crippen molar-refractivity contribution >= 4 is 24.2 Å². The highest BCUT2D eigenvalue weighted by Gasteiger charge is 2.53. The number of hydrogen-bond acceptors (Lipinski definition) is 8. The van der Waals surface area contributed by atoms with Gasteiger partial charge in [0.25, 0.3) is 0 Å². The largest absolute Gasteiger partial charge is 0.456 e. The van der Waals surface area contributed by atoms with Crippen molar-refractivity contribution in [1.29, 1.82) is 0 Å². The molecule has 8 nitrogen and oxygen atoms in total. The van der Waals surface area contributed by atoms with Crippen LogP contribution in [0.4, 0.5) is 0 Å². The smallest absolute Gasteiger partial charge is 0.340 e. The van der Waals surface area contributed by atoms with Gasteiger partial charge in [0.05, 0.1) is 5.56 Å². The van der Waals surface area contributed by atoms with E-state index >= 15 is 0 Å². The fourth-order valence-corrected chi connectivity index (χ4v) is 4.23. The number of hydrogen-bond donors (Lipinski definition) is 0. The minimum Gasteiger partial charge on any atom is -0.456 e. The van der Waals surface area contributed by atoms with Crippen molar-refractivity contribution < 1.29 is 38.1 Å². The number of aldehydes is 1. The molecule has 0 unspecified atom stereocenters. The van der Waals surface area contributed by atoms with Gasteiger partial charge >= 0.3 is 17.9 Å². The Morgan fingerprint density at radius 1 is 0.800 bits per heavy atom. The van der Waals surface area contributed by atoms with Gasteiger partial charge in [0.1, 0.15) is 29.3 Å². The van der Waals surface area contributed by atoms with Crippen LogP contribution in [0.15, 0.2) is 54.6 Å². The van der Waals surface area contributed by atoms with Gasteiger partial charge in [-0.3, -0.25) is 14.4 Å². The number of benzene rings is 3. The summed E-state index contributed by atoms with van der Waals surface area (Å²) < 4.78 is 22.4. The Hall–Kier alpha value is -4.46. The van der Waals surface area contributed by atoms with Crippen LogP contribution in [0.2, 0.25) is 0 Å². The van der Waals surface area contributed by atoms with Gasteiger partial charge in [-0.1, -0.05) is 19.9 Å². The lowest BCUT2D eigenvalue weighted by atomic mass is 9.77. The molecule has 0 radical (unpaired) electrons. The minimum absolute atomic E-state index is 0.238. The third-order valence-corrected chi connectivity index (χ3v) is 5.43. The predicted octanol–water partition coefficient (Wildman–Crippen LogP) is 4.94. The molecule has 2 aliphatic heterocycles. The third kappa shape index (κ3) is 3.93. The van der Waals surface area contributed by atoms with Gasteiger partial charge in [-0.25, -0.2) is 4.79 Å². The first-order valence-electron chi connectivity index (χ1n) is 11.0. The number of fused-ring (bicyclic) bond motifs is 6. The van der Waals surface area contributed by atoms with Crippen LogP contribution in [0.5, 0.6) is 23.0 Å². The Morgan fingerprint density at radius 3 is 1.83 bits per heavy atom. The quantitative estimate of drug-likeness (QED) is 0.298. The van der Waals surface area contributed by atoms with Crippen LogP contribution in [0, 0.1) is 0 Å². The van der Waals surface area contributed by atoms with Crippen LogP contribution in [0.3, 0.4) is 0 Å². The molecule has 0 bridgehead atoms. The van der Waals surface area contributed by atoms with Gasteiger partial charge in [-0.2, -0.15) is 0 Å². The lowest BCUT2D eigenvalue weighted by Crippen LogP contribution is -2.33. The lowest BCUT2D eigenvalue weighted by molar-refractivity contribution is -0.132. The summed E-state index contributed by atoms with van der Waals surface area (Å²) in [7, 11) is 0. The van der Waals surface area contributed by atoms with E-state index in [9.17, 15) is 19.2 Å². The summed E-state index contributed by atoms with van der Waals surface area (Å²) in [6.45, 7) is 6.55. The summed E-state index contributed by atoms with van der Waals surface area (Å²) in [5, 5.41) is 0. The van der Waals surface area contributed by atoms with Crippen LogP contribution in [0.1, 0.15) is 65.1 Å². The molecule has 0 aromatic heterocycles. The predicted molar refractivity (Wildman–Crippen MR) is 124 cm³/mol. The molecule has 0 saturated heterocycles. The summed E-state index contributed by atoms with van der Waals surface area (Å²) >= 11 is 0. The SMILES string of the molecule is CC.CC(=O)Oc1ccc2c(c1)Oc1cc(OC(C)=O)ccc1C21OC(=O)c2ccc(C=O)cc21. The van der Waals surface area contributed by atoms with Crippen molar-refractivity contribution in [3.63, 3.8) is 0 Å². The van der Waals surface area contributed by atoms with Gasteiger partial charge in [-0.15, -0.1) is 0 Å². The summed E-state index contributed by atoms with van der Waals surface area (Å²) in [5.41, 5.74) is 0.713. The molecule has 0 fully saturated rings. The summed E-state index contributed by atoms with van der Waals surface area (Å²) in [5.74, 6) is -0.548. The lowest BCUT2D eigenvalue weighted by Gasteiger charge is -2.36. The van der Waals surface area contributed by atoms with Crippen molar-refractivity contribution in [3.8, 4) is 23.0 Å². The Morgan fingerprint density at radius 2 is 1.34 bits per heavy atom. The topological polar surface area (TPSA) is 105 Å². The van der Waals surface area contributed by atoms with E-state index in [-0.39, 0.29) is 23.0 Å². The summed E-state index contributed by atoms with van der Waals surface area (Å²) in [6, 6.07) is 14.1. The molecule has 3 aromatic carbocycles. The van der Waals surface area contributed by atoms with E-state index < -0.39 is 23.5 Å². The van der Waals surface area contributed by atoms with Gasteiger partial charge in [-0.05, 0) is 36.4 Å². The zero-order chi connectivity index (χ0) is 25.3. The molecule has 2 aliphatic rings. The third-order valence-electron chi connectivity index (χ3n) is 5.43. The van der Waals surface area contributed by atoms with Crippen LogP contribution in [-0.2, 0) is 19.9 Å². The highest BCUT2D eigenvalue weighted by Crippen LogP contribution is 2.57. The molecule has 0 saturated carbocycles. The molecule has 8 heteroatoms. The monoisotopic (exact) mass is 474 g/mol. The Bertz CT molecular complexity index is 1310. The average Bonchev–Trinajstić information content (AvgIpc) is 3.11. The molecule has 0 N–H and O–H groups in total. The Balaban J connectivity index is 0.00000141. The molecular weight excluding hydrogens is 452 g/mol. The second kappa shape index (κ2) is 9.06. The average molecular weight is 474 g/mol. The molecule has 0 aliphatic carbocycles. The number of rotatable bonds is 3. The maximum absolute atomic E-state index is 12.9. The maximum Gasteiger partial charge on any atom is 0.340 e. The second-order valence-corrected chi connectivity index (χ2v) is 7.60. The Labute approximate surface area is 201 Å². The second-order valence-electron chi connectivity index (χ2n) is 7.60. The van der Waals surface area contributed by atoms with Crippen molar-refractivity contribution in [2.75, 3.05) is 0 Å². The van der Waals surface area contributed by atoms with E-state index in [2.05, 4.69) is 0 Å². The van der Waals surface area contributed by atoms with E-state index in [1.165, 1.54) is 26.0 Å². The van der Waals surface area contributed by atoms with E-state index in [1.54, 1.807) is 42.5 Å². The summed E-state index contributed by atoms with van der Waals surface area (Å²) in [6.07, 6.45) is 0.686. The molecular formula is C27H22O8. The van der Waals surface area contributed by atoms with Crippen LogP contribution in [0.25, 0.3) is 0 Å². The van der Waals surface area contributed by atoms with Crippen molar-refractivity contribution in [2.24, 2.45) is 0 Å². The molecule has 35 heavy (non-hydrogen) atoms. The maximum atomic E-state index is 12.9. The fourth-order valence-electron chi connectivity index (χ4n) is 4.23. The normalized spacial score (nSPS) is 13.7. The molecule has 0 atom stereocenters. The first kappa shape index (κ1) is 23.7. The number of carbonyl (C=O) groups is 4. The standard InChI is InChI=1S/C25H16O8.C2H6/c1-13(27)30-16-4-7-19-22(10-16)32-23-11-17(31-14(2)28)5-8-20(23)25(19)21-9-15(12-26)3-6-18(21)24(29)33-25;1-2/h3-12H,1-2H3;1-2H3. The molecule has 0 amide bonds. The number of ether oxygens (including phenoxy) is 4. The molecule has 178 valence electrons. The van der Waals surface area contributed by atoms with Crippen molar-refractivity contribution in [1.82, 2.24) is 0 Å². The molecule has 1 spiro atoms. The van der Waals surface area contributed by atoms with Crippen LogP contribution < -0.4 is 14.2 Å². The van der Waals surface area contributed by atoms with Gasteiger partial charge in [0, 0.05) is 48.2 Å². The summed E-state index contributed by atoms with van der Waals surface area (Å²) in [4.78, 5) is 47.3. The molecule has 2 heterocycles. The van der Waals surface area contributed by atoms with E-state index in [1.807, 2.05) is 13.8 Å². The van der Waals surface area contributed by atoms with E-state index in [0.29, 0.717) is 34.1 Å². The number of esters is 3. The van der Waals surface area contributed by atoms with E-state index in [0.717, 1.165) is 0 Å².